The highest BCUT2D eigenvalue weighted by atomic mass is 35.5. The third-order valence-corrected chi connectivity index (χ3v) is 4.98. The fourth-order valence-corrected chi connectivity index (χ4v) is 3.87. The van der Waals surface area contributed by atoms with Gasteiger partial charge in [0.15, 0.2) is 5.78 Å². The number of Topliss-reactive ketones (excluding diaryl/α,β-unsaturated/α-hetero) is 1. The average molecular weight is 306 g/mol. The minimum Gasteiger partial charge on any atom is -0.293 e. The molecular formula is C13H17Cl2NOS. The van der Waals surface area contributed by atoms with Crippen LogP contribution in [0.2, 0.25) is 8.67 Å². The molecule has 0 spiro atoms. The Morgan fingerprint density at radius 1 is 1.44 bits per heavy atom. The van der Waals surface area contributed by atoms with Crippen molar-refractivity contribution in [2.45, 2.75) is 38.6 Å². The summed E-state index contributed by atoms with van der Waals surface area (Å²) in [6.45, 7) is 3.65. The van der Waals surface area contributed by atoms with E-state index in [4.69, 9.17) is 23.2 Å². The van der Waals surface area contributed by atoms with Gasteiger partial charge in [-0.25, -0.2) is 0 Å². The number of halogens is 2. The molecule has 0 aromatic carbocycles. The van der Waals surface area contributed by atoms with Crippen LogP contribution in [-0.4, -0.2) is 29.8 Å². The number of ketones is 1. The Kier molecular flexibility index (Phi) is 5.07. The Balaban J connectivity index is 2.04. The van der Waals surface area contributed by atoms with E-state index in [1.807, 2.05) is 0 Å². The first kappa shape index (κ1) is 14.3. The Morgan fingerprint density at radius 3 is 2.89 bits per heavy atom. The van der Waals surface area contributed by atoms with Gasteiger partial charge >= 0.3 is 0 Å². The van der Waals surface area contributed by atoms with Crippen molar-refractivity contribution in [2.24, 2.45) is 0 Å². The molecular weight excluding hydrogens is 289 g/mol. The first-order valence-corrected chi connectivity index (χ1v) is 7.87. The third kappa shape index (κ3) is 3.47. The van der Waals surface area contributed by atoms with Crippen molar-refractivity contribution >= 4 is 40.3 Å². The van der Waals surface area contributed by atoms with Gasteiger partial charge in [0.25, 0.3) is 0 Å². The predicted molar refractivity (Wildman–Crippen MR) is 78.2 cm³/mol. The second kappa shape index (κ2) is 6.38. The van der Waals surface area contributed by atoms with Crippen LogP contribution >= 0.6 is 34.5 Å². The molecule has 1 unspecified atom stereocenters. The lowest BCUT2D eigenvalue weighted by Gasteiger charge is -2.25. The van der Waals surface area contributed by atoms with E-state index in [0.717, 1.165) is 6.54 Å². The van der Waals surface area contributed by atoms with Gasteiger partial charge in [0.2, 0.25) is 0 Å². The Hall–Kier alpha value is -0.0900. The van der Waals surface area contributed by atoms with Crippen LogP contribution < -0.4 is 0 Å². The van der Waals surface area contributed by atoms with Crippen molar-refractivity contribution in [3.05, 3.63) is 20.3 Å². The Morgan fingerprint density at radius 2 is 2.22 bits per heavy atom. The number of hydrogen-bond donors (Lipinski definition) is 0. The van der Waals surface area contributed by atoms with Crippen LogP contribution in [0.5, 0.6) is 0 Å². The standard InChI is InChI=1S/C13H17Cl2NOS/c1-9-5-3-2-4-6-16(9)8-11(17)10-7-12(14)18-13(10)15/h7,9H,2-6,8H2,1H3. The van der Waals surface area contributed by atoms with Crippen molar-refractivity contribution < 1.29 is 4.79 Å². The SMILES string of the molecule is CC1CCCCCN1CC(=O)c1cc(Cl)sc1Cl. The molecule has 1 atom stereocenters. The van der Waals surface area contributed by atoms with Crippen molar-refractivity contribution in [1.29, 1.82) is 0 Å². The molecule has 0 N–H and O–H groups in total. The van der Waals surface area contributed by atoms with E-state index in [2.05, 4.69) is 11.8 Å². The third-order valence-electron chi connectivity index (χ3n) is 3.49. The molecule has 0 saturated carbocycles. The zero-order chi connectivity index (χ0) is 13.1. The summed E-state index contributed by atoms with van der Waals surface area (Å²) in [6, 6.07) is 2.16. The quantitative estimate of drug-likeness (QED) is 0.766. The molecule has 1 aliphatic rings. The molecule has 100 valence electrons. The number of nitrogens with zero attached hydrogens (tertiary/aromatic N) is 1. The summed E-state index contributed by atoms with van der Waals surface area (Å²) in [4.78, 5) is 14.5. The number of thiophene rings is 1. The lowest BCUT2D eigenvalue weighted by Crippen LogP contribution is -2.36. The molecule has 2 rings (SSSR count). The van der Waals surface area contributed by atoms with E-state index in [-0.39, 0.29) is 5.78 Å². The molecule has 1 aromatic rings. The summed E-state index contributed by atoms with van der Waals surface area (Å²) < 4.78 is 1.08. The molecule has 1 aromatic heterocycles. The minimum atomic E-state index is 0.0805. The summed E-state index contributed by atoms with van der Waals surface area (Å²) in [5.74, 6) is 0.0805. The van der Waals surface area contributed by atoms with E-state index in [1.54, 1.807) is 6.07 Å². The summed E-state index contributed by atoms with van der Waals surface area (Å²) in [5.41, 5.74) is 0.572. The second-order valence-electron chi connectivity index (χ2n) is 4.83. The van der Waals surface area contributed by atoms with Crippen LogP contribution in [0.1, 0.15) is 43.0 Å². The molecule has 2 nitrogen and oxygen atoms in total. The number of carbonyl (C=O) groups is 1. The molecule has 1 saturated heterocycles. The van der Waals surface area contributed by atoms with Gasteiger partial charge in [-0.3, -0.25) is 9.69 Å². The van der Waals surface area contributed by atoms with E-state index < -0.39 is 0 Å². The zero-order valence-electron chi connectivity index (χ0n) is 10.4. The number of hydrogen-bond acceptors (Lipinski definition) is 3. The highest BCUT2D eigenvalue weighted by molar-refractivity contribution is 7.20. The molecule has 1 fully saturated rings. The topological polar surface area (TPSA) is 20.3 Å². The summed E-state index contributed by atoms with van der Waals surface area (Å²) >= 11 is 13.2. The molecule has 0 amide bonds. The normalized spacial score (nSPS) is 21.8. The van der Waals surface area contributed by atoms with Crippen LogP contribution in [0, 0.1) is 0 Å². The van der Waals surface area contributed by atoms with Gasteiger partial charge < -0.3 is 0 Å². The lowest BCUT2D eigenvalue weighted by molar-refractivity contribution is 0.0902. The molecule has 18 heavy (non-hydrogen) atoms. The monoisotopic (exact) mass is 305 g/mol. The van der Waals surface area contributed by atoms with Gasteiger partial charge in [-0.1, -0.05) is 36.0 Å². The predicted octanol–water partition coefficient (Wildman–Crippen LogP) is 4.50. The van der Waals surface area contributed by atoms with Crippen LogP contribution in [0.25, 0.3) is 0 Å². The zero-order valence-corrected chi connectivity index (χ0v) is 12.7. The number of carbonyl (C=O) groups excluding carboxylic acids is 1. The van der Waals surface area contributed by atoms with Crippen molar-refractivity contribution in [2.75, 3.05) is 13.1 Å². The van der Waals surface area contributed by atoms with E-state index in [1.165, 1.54) is 37.0 Å². The van der Waals surface area contributed by atoms with E-state index in [0.29, 0.717) is 26.8 Å². The van der Waals surface area contributed by atoms with E-state index >= 15 is 0 Å². The average Bonchev–Trinajstić information content (AvgIpc) is 2.52. The molecule has 0 radical (unpaired) electrons. The molecule has 2 heterocycles. The van der Waals surface area contributed by atoms with Crippen LogP contribution in [-0.2, 0) is 0 Å². The molecule has 0 bridgehead atoms. The lowest BCUT2D eigenvalue weighted by atomic mass is 10.1. The molecule has 1 aliphatic heterocycles. The van der Waals surface area contributed by atoms with Gasteiger partial charge in [-0.15, -0.1) is 11.3 Å². The summed E-state index contributed by atoms with van der Waals surface area (Å²) in [6.07, 6.45) is 4.87. The number of rotatable bonds is 3. The van der Waals surface area contributed by atoms with Crippen molar-refractivity contribution in [3.63, 3.8) is 0 Å². The fraction of sp³-hybridized carbons (Fsp3) is 0.615. The highest BCUT2D eigenvalue weighted by Crippen LogP contribution is 2.31. The smallest absolute Gasteiger partial charge is 0.179 e. The van der Waals surface area contributed by atoms with Gasteiger partial charge in [0, 0.05) is 6.04 Å². The Bertz CT molecular complexity index is 433. The van der Waals surface area contributed by atoms with Crippen LogP contribution in [0.15, 0.2) is 6.07 Å². The van der Waals surface area contributed by atoms with Gasteiger partial charge in [-0.05, 0) is 32.4 Å². The maximum Gasteiger partial charge on any atom is 0.179 e. The van der Waals surface area contributed by atoms with Crippen LogP contribution in [0.3, 0.4) is 0 Å². The Labute approximate surface area is 122 Å². The summed E-state index contributed by atoms with van der Waals surface area (Å²) in [5, 5.41) is 0. The van der Waals surface area contributed by atoms with Gasteiger partial charge in [0.05, 0.1) is 16.4 Å². The largest absolute Gasteiger partial charge is 0.293 e. The van der Waals surface area contributed by atoms with Crippen molar-refractivity contribution in [3.8, 4) is 0 Å². The first-order chi connectivity index (χ1) is 8.58. The maximum absolute atomic E-state index is 12.2. The minimum absolute atomic E-state index is 0.0805. The first-order valence-electron chi connectivity index (χ1n) is 6.30. The van der Waals surface area contributed by atoms with Gasteiger partial charge in [0.1, 0.15) is 4.34 Å². The maximum atomic E-state index is 12.2. The van der Waals surface area contributed by atoms with E-state index in [9.17, 15) is 4.79 Å². The number of likely N-dealkylation sites (tertiary alicyclic amines) is 1. The van der Waals surface area contributed by atoms with Gasteiger partial charge in [-0.2, -0.15) is 0 Å². The second-order valence-corrected chi connectivity index (χ2v) is 7.12. The summed E-state index contributed by atoms with van der Waals surface area (Å²) in [7, 11) is 0. The molecule has 0 aliphatic carbocycles. The fourth-order valence-electron chi connectivity index (χ4n) is 2.37. The highest BCUT2D eigenvalue weighted by Gasteiger charge is 2.22. The molecule has 5 heteroatoms. The van der Waals surface area contributed by atoms with Crippen molar-refractivity contribution in [1.82, 2.24) is 4.90 Å². The van der Waals surface area contributed by atoms with Crippen LogP contribution in [0.4, 0.5) is 0 Å².